The number of carbonyl (C=O) groups excluding carboxylic acids is 1. The maximum absolute atomic E-state index is 12.0. The van der Waals surface area contributed by atoms with E-state index in [0.29, 0.717) is 0 Å². The third kappa shape index (κ3) is 3.80. The number of carbonyl (C=O) groups is 2. The Labute approximate surface area is 112 Å². The minimum atomic E-state index is -3.24. The first-order valence-electron chi connectivity index (χ1n) is 5.84. The number of carboxylic acid groups (broad SMARTS) is 1. The van der Waals surface area contributed by atoms with Gasteiger partial charge in [0.25, 0.3) is 0 Å². The van der Waals surface area contributed by atoms with Crippen LogP contribution in [0.2, 0.25) is 0 Å². The summed E-state index contributed by atoms with van der Waals surface area (Å²) in [6.45, 7) is 2.43. The van der Waals surface area contributed by atoms with Gasteiger partial charge in [0.15, 0.2) is 0 Å². The number of sulfonamides is 1. The summed E-state index contributed by atoms with van der Waals surface area (Å²) in [6.07, 6.45) is 1.13. The number of hydrogen-bond donors (Lipinski definition) is 1. The van der Waals surface area contributed by atoms with E-state index in [1.807, 2.05) is 0 Å². The Hall–Kier alpha value is -1.35. The van der Waals surface area contributed by atoms with Crippen LogP contribution in [0.3, 0.4) is 0 Å². The van der Waals surface area contributed by atoms with Crippen molar-refractivity contribution < 1.29 is 23.1 Å². The molecule has 0 bridgehead atoms. The first-order chi connectivity index (χ1) is 8.64. The molecule has 1 heterocycles. The number of carboxylic acids is 1. The van der Waals surface area contributed by atoms with Gasteiger partial charge < -0.3 is 14.9 Å². The van der Waals surface area contributed by atoms with Crippen molar-refractivity contribution in [2.45, 2.75) is 13.0 Å². The van der Waals surface area contributed by atoms with Crippen LogP contribution >= 0.6 is 0 Å². The lowest BCUT2D eigenvalue weighted by Gasteiger charge is -2.36. The molecular weight excluding hydrogens is 274 g/mol. The largest absolute Gasteiger partial charge is 0.480 e. The predicted molar refractivity (Wildman–Crippen MR) is 68.2 cm³/mol. The van der Waals surface area contributed by atoms with E-state index in [1.54, 1.807) is 0 Å². The lowest BCUT2D eigenvalue weighted by molar-refractivity contribution is -0.141. The van der Waals surface area contributed by atoms with Crippen LogP contribution in [-0.4, -0.2) is 85.2 Å². The van der Waals surface area contributed by atoms with Crippen molar-refractivity contribution in [2.75, 3.05) is 39.5 Å². The Morgan fingerprint density at radius 2 is 1.68 bits per heavy atom. The third-order valence-electron chi connectivity index (χ3n) is 3.22. The van der Waals surface area contributed by atoms with E-state index in [0.717, 1.165) is 11.2 Å². The highest BCUT2D eigenvalue weighted by Crippen LogP contribution is 2.09. The highest BCUT2D eigenvalue weighted by Gasteiger charge is 2.30. The monoisotopic (exact) mass is 293 g/mol. The molecule has 1 atom stereocenters. The third-order valence-corrected chi connectivity index (χ3v) is 4.52. The molecular formula is C10H19N3O5S. The molecule has 0 spiro atoms. The molecule has 1 saturated heterocycles. The average Bonchev–Trinajstić information content (AvgIpc) is 2.35. The molecule has 110 valence electrons. The first kappa shape index (κ1) is 15.7. The van der Waals surface area contributed by atoms with Crippen molar-refractivity contribution in [3.8, 4) is 0 Å². The highest BCUT2D eigenvalue weighted by molar-refractivity contribution is 7.88. The van der Waals surface area contributed by atoms with Gasteiger partial charge in [-0.1, -0.05) is 0 Å². The highest BCUT2D eigenvalue weighted by atomic mass is 32.2. The van der Waals surface area contributed by atoms with E-state index in [9.17, 15) is 18.0 Å². The Balaban J connectivity index is 2.61. The molecule has 1 aliphatic heterocycles. The predicted octanol–water partition coefficient (Wildman–Crippen LogP) is -0.911. The van der Waals surface area contributed by atoms with Gasteiger partial charge in [-0.05, 0) is 6.92 Å². The normalized spacial score (nSPS) is 19.0. The molecule has 19 heavy (non-hydrogen) atoms. The number of piperazine rings is 1. The molecule has 9 heteroatoms. The number of rotatable bonds is 3. The molecule has 2 amide bonds. The first-order valence-corrected chi connectivity index (χ1v) is 7.69. The van der Waals surface area contributed by atoms with Crippen molar-refractivity contribution >= 4 is 22.0 Å². The summed E-state index contributed by atoms with van der Waals surface area (Å²) in [5, 5.41) is 8.85. The van der Waals surface area contributed by atoms with E-state index in [2.05, 4.69) is 0 Å². The molecule has 0 saturated carbocycles. The van der Waals surface area contributed by atoms with Crippen molar-refractivity contribution in [3.05, 3.63) is 0 Å². The Kier molecular flexibility index (Phi) is 4.75. The van der Waals surface area contributed by atoms with Crippen molar-refractivity contribution in [3.63, 3.8) is 0 Å². The molecule has 0 aromatic rings. The zero-order chi connectivity index (χ0) is 14.8. The van der Waals surface area contributed by atoms with Gasteiger partial charge in [-0.2, -0.15) is 4.31 Å². The summed E-state index contributed by atoms with van der Waals surface area (Å²) in [4.78, 5) is 25.4. The molecule has 1 fully saturated rings. The van der Waals surface area contributed by atoms with E-state index in [1.165, 1.54) is 23.2 Å². The second kappa shape index (κ2) is 5.74. The number of hydrogen-bond acceptors (Lipinski definition) is 4. The zero-order valence-corrected chi connectivity index (χ0v) is 12.1. The lowest BCUT2D eigenvalue weighted by atomic mass is 10.3. The van der Waals surface area contributed by atoms with Gasteiger partial charge in [0.05, 0.1) is 6.26 Å². The fourth-order valence-electron chi connectivity index (χ4n) is 1.77. The van der Waals surface area contributed by atoms with Crippen LogP contribution in [0.25, 0.3) is 0 Å². The number of nitrogens with zero attached hydrogens (tertiary/aromatic N) is 3. The molecule has 8 nitrogen and oxygen atoms in total. The lowest BCUT2D eigenvalue weighted by Crippen LogP contribution is -2.55. The van der Waals surface area contributed by atoms with Crippen molar-refractivity contribution in [1.29, 1.82) is 0 Å². The second-order valence-corrected chi connectivity index (χ2v) is 6.54. The van der Waals surface area contributed by atoms with Gasteiger partial charge in [-0.3, -0.25) is 0 Å². The van der Waals surface area contributed by atoms with E-state index in [-0.39, 0.29) is 26.2 Å². The fourth-order valence-corrected chi connectivity index (χ4v) is 2.59. The maximum Gasteiger partial charge on any atom is 0.326 e. The summed E-state index contributed by atoms with van der Waals surface area (Å²) in [5.41, 5.74) is 0. The number of amides is 2. The van der Waals surface area contributed by atoms with Gasteiger partial charge in [-0.15, -0.1) is 0 Å². The molecule has 0 aromatic heterocycles. The minimum Gasteiger partial charge on any atom is -0.480 e. The van der Waals surface area contributed by atoms with Gasteiger partial charge in [0, 0.05) is 33.2 Å². The summed E-state index contributed by atoms with van der Waals surface area (Å²) < 4.78 is 24.0. The zero-order valence-electron chi connectivity index (χ0n) is 11.2. The molecule has 1 N–H and O–H groups in total. The molecule has 1 aliphatic rings. The SMILES string of the molecule is CC(C(=O)O)N(C)C(=O)N1CCN(S(C)(=O)=O)CC1. The number of urea groups is 1. The molecule has 0 aliphatic carbocycles. The maximum atomic E-state index is 12.0. The minimum absolute atomic E-state index is 0.236. The standard InChI is InChI=1S/C10H19N3O5S/c1-8(9(14)15)11(2)10(16)12-4-6-13(7-5-12)19(3,17)18/h8H,4-7H2,1-3H3,(H,14,15). The summed E-state index contributed by atoms with van der Waals surface area (Å²) >= 11 is 0. The van der Waals surface area contributed by atoms with Crippen molar-refractivity contribution in [1.82, 2.24) is 14.1 Å². The van der Waals surface area contributed by atoms with E-state index in [4.69, 9.17) is 5.11 Å². The van der Waals surface area contributed by atoms with Crippen LogP contribution < -0.4 is 0 Å². The van der Waals surface area contributed by atoms with Crippen LogP contribution in [0.1, 0.15) is 6.92 Å². The Morgan fingerprint density at radius 3 is 2.05 bits per heavy atom. The van der Waals surface area contributed by atoms with Gasteiger partial charge >= 0.3 is 12.0 Å². The van der Waals surface area contributed by atoms with Gasteiger partial charge in [0.1, 0.15) is 6.04 Å². The van der Waals surface area contributed by atoms with Crippen molar-refractivity contribution in [2.24, 2.45) is 0 Å². The Morgan fingerprint density at radius 1 is 1.21 bits per heavy atom. The molecule has 1 rings (SSSR count). The van der Waals surface area contributed by atoms with Gasteiger partial charge in [-0.25, -0.2) is 18.0 Å². The quantitative estimate of drug-likeness (QED) is 0.726. The number of aliphatic carboxylic acids is 1. The molecule has 0 aromatic carbocycles. The van der Waals surface area contributed by atoms with E-state index >= 15 is 0 Å². The summed E-state index contributed by atoms with van der Waals surface area (Å²) in [7, 11) is -1.82. The molecule has 0 radical (unpaired) electrons. The Bertz CT molecular complexity index is 456. The number of likely N-dealkylation sites (N-methyl/N-ethyl adjacent to an activating group) is 1. The smallest absolute Gasteiger partial charge is 0.326 e. The van der Waals surface area contributed by atoms with Crippen LogP contribution in [-0.2, 0) is 14.8 Å². The average molecular weight is 293 g/mol. The van der Waals surface area contributed by atoms with E-state index < -0.39 is 28.1 Å². The van der Waals surface area contributed by atoms with Gasteiger partial charge in [0.2, 0.25) is 10.0 Å². The van der Waals surface area contributed by atoms with Crippen LogP contribution in [0, 0.1) is 0 Å². The van der Waals surface area contributed by atoms with Crippen LogP contribution in [0.4, 0.5) is 4.79 Å². The molecule has 1 unspecified atom stereocenters. The van der Waals surface area contributed by atoms with Crippen LogP contribution in [0.5, 0.6) is 0 Å². The topological polar surface area (TPSA) is 98.2 Å². The van der Waals surface area contributed by atoms with Crippen LogP contribution in [0.15, 0.2) is 0 Å². The summed E-state index contributed by atoms with van der Waals surface area (Å²) in [5.74, 6) is -1.08. The second-order valence-electron chi connectivity index (χ2n) is 4.56. The fraction of sp³-hybridized carbons (Fsp3) is 0.800. The summed E-state index contributed by atoms with van der Waals surface area (Å²) in [6, 6.07) is -1.32.